The molecule has 2 aliphatic rings. The third kappa shape index (κ3) is 4.64. The zero-order chi connectivity index (χ0) is 20.2. The quantitative estimate of drug-likeness (QED) is 0.851. The molecule has 1 atom stereocenters. The van der Waals surface area contributed by atoms with Crippen LogP contribution < -0.4 is 0 Å². The third-order valence-electron chi connectivity index (χ3n) is 5.60. The lowest BCUT2D eigenvalue weighted by atomic mass is 9.94. The summed E-state index contributed by atoms with van der Waals surface area (Å²) in [6, 6.07) is 7.86. The molecule has 154 valence electrons. The number of aromatic amines is 1. The first-order valence-electron chi connectivity index (χ1n) is 10.0. The van der Waals surface area contributed by atoms with Crippen molar-refractivity contribution in [1.29, 1.82) is 0 Å². The van der Waals surface area contributed by atoms with E-state index in [1.807, 2.05) is 11.0 Å². The molecule has 2 amide bonds. The van der Waals surface area contributed by atoms with Crippen LogP contribution in [0.1, 0.15) is 40.5 Å². The van der Waals surface area contributed by atoms with E-state index in [4.69, 9.17) is 4.74 Å². The van der Waals surface area contributed by atoms with Crippen LogP contribution in [-0.2, 0) is 16.0 Å². The van der Waals surface area contributed by atoms with Gasteiger partial charge in [0.25, 0.3) is 5.91 Å². The van der Waals surface area contributed by atoms with Crippen molar-refractivity contribution in [2.45, 2.75) is 25.2 Å². The number of carbonyl (C=O) groups excluding carboxylic acids is 2. The van der Waals surface area contributed by atoms with Gasteiger partial charge in [-0.05, 0) is 36.6 Å². The van der Waals surface area contributed by atoms with E-state index in [1.165, 1.54) is 12.1 Å². The Morgan fingerprint density at radius 3 is 2.66 bits per heavy atom. The number of benzene rings is 1. The Morgan fingerprint density at radius 1 is 1.14 bits per heavy atom. The molecular formula is C21H25FN4O3. The van der Waals surface area contributed by atoms with Crippen LogP contribution in [0.2, 0.25) is 0 Å². The predicted molar refractivity (Wildman–Crippen MR) is 104 cm³/mol. The fourth-order valence-electron chi connectivity index (χ4n) is 3.93. The minimum atomic E-state index is -0.305. The standard InChI is InChI=1S/C21H25FN4O3/c22-17-5-3-15(4-6-17)12-20(27)26-7-1-2-16(14-26)18-13-19(24-23-18)21(28)25-8-10-29-11-9-25/h3-6,13,16H,1-2,7-12,14H2,(H,23,24)/t16-/m1/s1. The summed E-state index contributed by atoms with van der Waals surface area (Å²) in [7, 11) is 0. The summed E-state index contributed by atoms with van der Waals surface area (Å²) >= 11 is 0. The third-order valence-corrected chi connectivity index (χ3v) is 5.60. The van der Waals surface area contributed by atoms with Gasteiger partial charge in [0, 0.05) is 37.8 Å². The van der Waals surface area contributed by atoms with E-state index in [-0.39, 0.29) is 30.0 Å². The van der Waals surface area contributed by atoms with Crippen LogP contribution in [0.4, 0.5) is 4.39 Å². The number of hydrogen-bond donors (Lipinski definition) is 1. The summed E-state index contributed by atoms with van der Waals surface area (Å²) in [5.41, 5.74) is 2.11. The molecule has 1 N–H and O–H groups in total. The highest BCUT2D eigenvalue weighted by molar-refractivity contribution is 5.92. The lowest BCUT2D eigenvalue weighted by Crippen LogP contribution is -2.40. The topological polar surface area (TPSA) is 78.5 Å². The molecule has 0 unspecified atom stereocenters. The number of nitrogens with zero attached hydrogens (tertiary/aromatic N) is 3. The molecule has 2 aromatic rings. The Hall–Kier alpha value is -2.74. The molecular weight excluding hydrogens is 375 g/mol. The van der Waals surface area contributed by atoms with Gasteiger partial charge >= 0.3 is 0 Å². The Kier molecular flexibility index (Phi) is 5.89. The van der Waals surface area contributed by atoms with Crippen LogP contribution in [0.5, 0.6) is 0 Å². The summed E-state index contributed by atoms with van der Waals surface area (Å²) in [6.07, 6.45) is 2.09. The Bertz CT molecular complexity index is 861. The molecule has 0 saturated carbocycles. The van der Waals surface area contributed by atoms with E-state index in [1.54, 1.807) is 17.0 Å². The number of rotatable bonds is 4. The second-order valence-corrected chi connectivity index (χ2v) is 7.60. The molecule has 0 aliphatic carbocycles. The predicted octanol–water partition coefficient (Wildman–Crippen LogP) is 1.97. The van der Waals surface area contributed by atoms with Gasteiger partial charge < -0.3 is 14.5 Å². The number of likely N-dealkylation sites (tertiary alicyclic amines) is 1. The number of halogens is 1. The summed E-state index contributed by atoms with van der Waals surface area (Å²) < 4.78 is 18.3. The van der Waals surface area contributed by atoms with Crippen molar-refractivity contribution in [3.63, 3.8) is 0 Å². The van der Waals surface area contributed by atoms with Crippen molar-refractivity contribution in [2.24, 2.45) is 0 Å². The Balaban J connectivity index is 1.38. The molecule has 0 radical (unpaired) electrons. The van der Waals surface area contributed by atoms with E-state index in [9.17, 15) is 14.0 Å². The van der Waals surface area contributed by atoms with E-state index >= 15 is 0 Å². The average Bonchev–Trinajstić information content (AvgIpc) is 3.26. The number of hydrogen-bond acceptors (Lipinski definition) is 4. The van der Waals surface area contributed by atoms with Gasteiger partial charge in [0.05, 0.1) is 19.6 Å². The highest BCUT2D eigenvalue weighted by Crippen LogP contribution is 2.26. The molecule has 2 fully saturated rings. The van der Waals surface area contributed by atoms with Gasteiger partial charge in [0.15, 0.2) is 0 Å². The number of carbonyl (C=O) groups is 2. The number of nitrogens with one attached hydrogen (secondary N) is 1. The fraction of sp³-hybridized carbons (Fsp3) is 0.476. The van der Waals surface area contributed by atoms with Crippen molar-refractivity contribution < 1.29 is 18.7 Å². The van der Waals surface area contributed by atoms with Crippen molar-refractivity contribution in [2.75, 3.05) is 39.4 Å². The molecule has 0 spiro atoms. The van der Waals surface area contributed by atoms with Crippen molar-refractivity contribution in [3.8, 4) is 0 Å². The lowest BCUT2D eigenvalue weighted by Gasteiger charge is -2.32. The molecule has 29 heavy (non-hydrogen) atoms. The molecule has 0 bridgehead atoms. The summed E-state index contributed by atoms with van der Waals surface area (Å²) in [5, 5.41) is 7.22. The fourth-order valence-corrected chi connectivity index (χ4v) is 3.93. The number of piperidine rings is 1. The van der Waals surface area contributed by atoms with Crippen molar-refractivity contribution in [1.82, 2.24) is 20.0 Å². The van der Waals surface area contributed by atoms with Gasteiger partial charge in [-0.3, -0.25) is 14.7 Å². The van der Waals surface area contributed by atoms with E-state index < -0.39 is 0 Å². The zero-order valence-electron chi connectivity index (χ0n) is 16.3. The van der Waals surface area contributed by atoms with Gasteiger partial charge in [0.1, 0.15) is 11.5 Å². The minimum Gasteiger partial charge on any atom is -0.378 e. The Morgan fingerprint density at radius 2 is 1.90 bits per heavy atom. The molecule has 7 nitrogen and oxygen atoms in total. The van der Waals surface area contributed by atoms with Crippen molar-refractivity contribution in [3.05, 3.63) is 53.1 Å². The lowest BCUT2D eigenvalue weighted by molar-refractivity contribution is -0.131. The molecule has 2 saturated heterocycles. The molecule has 2 aliphatic heterocycles. The average molecular weight is 400 g/mol. The maximum absolute atomic E-state index is 13.1. The van der Waals surface area contributed by atoms with Crippen molar-refractivity contribution >= 4 is 11.8 Å². The minimum absolute atomic E-state index is 0.0328. The largest absolute Gasteiger partial charge is 0.378 e. The first-order valence-corrected chi connectivity index (χ1v) is 10.0. The van der Waals surface area contributed by atoms with Crippen LogP contribution >= 0.6 is 0 Å². The molecule has 1 aromatic carbocycles. The second-order valence-electron chi connectivity index (χ2n) is 7.60. The highest BCUT2D eigenvalue weighted by atomic mass is 19.1. The van der Waals surface area contributed by atoms with Crippen LogP contribution in [0.3, 0.4) is 0 Å². The van der Waals surface area contributed by atoms with E-state index in [2.05, 4.69) is 10.2 Å². The monoisotopic (exact) mass is 400 g/mol. The highest BCUT2D eigenvalue weighted by Gasteiger charge is 2.28. The number of amides is 2. The maximum Gasteiger partial charge on any atom is 0.274 e. The van der Waals surface area contributed by atoms with Gasteiger partial charge in [-0.15, -0.1) is 0 Å². The summed E-state index contributed by atoms with van der Waals surface area (Å²) in [5.74, 6) is -0.234. The van der Waals surface area contributed by atoms with E-state index in [0.717, 1.165) is 24.1 Å². The molecule has 4 rings (SSSR count). The maximum atomic E-state index is 13.1. The van der Waals surface area contributed by atoms with Crippen LogP contribution in [0, 0.1) is 5.82 Å². The summed E-state index contributed by atoms with van der Waals surface area (Å²) in [6.45, 7) is 3.57. The van der Waals surface area contributed by atoms with Gasteiger partial charge in [-0.25, -0.2) is 4.39 Å². The Labute approximate surface area is 168 Å². The summed E-state index contributed by atoms with van der Waals surface area (Å²) in [4.78, 5) is 28.9. The van der Waals surface area contributed by atoms with Gasteiger partial charge in [-0.1, -0.05) is 12.1 Å². The number of aromatic nitrogens is 2. The molecule has 1 aromatic heterocycles. The number of morpholine rings is 1. The zero-order valence-corrected chi connectivity index (χ0v) is 16.3. The number of ether oxygens (including phenoxy) is 1. The first-order chi connectivity index (χ1) is 14.1. The van der Waals surface area contributed by atoms with E-state index in [0.29, 0.717) is 45.1 Å². The second kappa shape index (κ2) is 8.73. The van der Waals surface area contributed by atoms with Gasteiger partial charge in [-0.2, -0.15) is 5.10 Å². The van der Waals surface area contributed by atoms with Crippen LogP contribution in [-0.4, -0.2) is 71.2 Å². The normalized spacial score (nSPS) is 20.0. The SMILES string of the molecule is O=C(Cc1ccc(F)cc1)N1CCC[C@@H](c2cc(C(=O)N3CCOCC3)n[nH]2)C1. The van der Waals surface area contributed by atoms with Crippen LogP contribution in [0.15, 0.2) is 30.3 Å². The first kappa shape index (κ1) is 19.6. The van der Waals surface area contributed by atoms with Crippen LogP contribution in [0.25, 0.3) is 0 Å². The van der Waals surface area contributed by atoms with Gasteiger partial charge in [0.2, 0.25) is 5.91 Å². The molecule has 3 heterocycles. The molecule has 8 heteroatoms. The smallest absolute Gasteiger partial charge is 0.274 e. The number of H-pyrrole nitrogens is 1.